The van der Waals surface area contributed by atoms with Gasteiger partial charge in [-0.3, -0.25) is 0 Å². The van der Waals surface area contributed by atoms with E-state index in [-0.39, 0.29) is 0 Å². The number of thiophene rings is 1. The summed E-state index contributed by atoms with van der Waals surface area (Å²) in [4.78, 5) is 1.40. The second-order valence-corrected chi connectivity index (χ2v) is 4.14. The molecule has 0 saturated heterocycles. The average molecular weight is 204 g/mol. The Morgan fingerprint density at radius 1 is 1.14 bits per heavy atom. The van der Waals surface area contributed by atoms with Crippen molar-refractivity contribution in [3.63, 3.8) is 0 Å². The summed E-state index contributed by atoms with van der Waals surface area (Å²) in [6.45, 7) is 0. The van der Waals surface area contributed by atoms with Gasteiger partial charge in [0, 0.05) is 11.3 Å². The summed E-state index contributed by atoms with van der Waals surface area (Å²) >= 11 is 1.80. The van der Waals surface area contributed by atoms with E-state index in [0.717, 1.165) is 12.2 Å². The quantitative estimate of drug-likeness (QED) is 0.745. The molecule has 14 heavy (non-hydrogen) atoms. The Balaban J connectivity index is 2.10. The maximum atomic E-state index is 5.11. The third-order valence-electron chi connectivity index (χ3n) is 2.12. The summed E-state index contributed by atoms with van der Waals surface area (Å²) < 4.78 is 5.11. The van der Waals surface area contributed by atoms with Gasteiger partial charge in [0.1, 0.15) is 5.75 Å². The van der Waals surface area contributed by atoms with Crippen LogP contribution >= 0.6 is 11.3 Å². The van der Waals surface area contributed by atoms with Crippen molar-refractivity contribution in [2.24, 2.45) is 0 Å². The zero-order valence-corrected chi connectivity index (χ0v) is 8.88. The molecule has 2 heteroatoms. The first kappa shape index (κ1) is 9.28. The normalized spacial score (nSPS) is 10.1. The van der Waals surface area contributed by atoms with Crippen LogP contribution in [-0.2, 0) is 6.42 Å². The molecule has 1 aromatic carbocycles. The topological polar surface area (TPSA) is 9.23 Å². The van der Waals surface area contributed by atoms with Crippen molar-refractivity contribution in [1.82, 2.24) is 0 Å². The summed E-state index contributed by atoms with van der Waals surface area (Å²) in [5, 5.41) is 2.11. The minimum Gasteiger partial charge on any atom is -0.497 e. The molecule has 0 radical (unpaired) electrons. The highest BCUT2D eigenvalue weighted by atomic mass is 32.1. The fourth-order valence-electron chi connectivity index (χ4n) is 1.36. The second-order valence-electron chi connectivity index (χ2n) is 3.10. The monoisotopic (exact) mass is 204 g/mol. The van der Waals surface area contributed by atoms with E-state index in [9.17, 15) is 0 Å². The van der Waals surface area contributed by atoms with Gasteiger partial charge < -0.3 is 4.74 Å². The molecule has 2 rings (SSSR count). The highest BCUT2D eigenvalue weighted by Crippen LogP contribution is 2.17. The molecule has 0 amide bonds. The van der Waals surface area contributed by atoms with Gasteiger partial charge in [0.2, 0.25) is 0 Å². The van der Waals surface area contributed by atoms with Crippen LogP contribution in [0.2, 0.25) is 0 Å². The maximum absolute atomic E-state index is 5.11. The molecule has 2 aromatic rings. The third-order valence-corrected chi connectivity index (χ3v) is 2.99. The Morgan fingerprint density at radius 3 is 2.50 bits per heavy atom. The van der Waals surface area contributed by atoms with E-state index >= 15 is 0 Å². The van der Waals surface area contributed by atoms with Crippen LogP contribution in [0.1, 0.15) is 10.4 Å². The molecule has 72 valence electrons. The molecule has 0 aliphatic heterocycles. The van der Waals surface area contributed by atoms with Crippen molar-refractivity contribution >= 4 is 11.3 Å². The molecular formula is C12H12OS. The molecule has 1 aromatic heterocycles. The first-order valence-corrected chi connectivity index (χ1v) is 5.42. The summed E-state index contributed by atoms with van der Waals surface area (Å²) in [6, 6.07) is 12.5. The van der Waals surface area contributed by atoms with E-state index in [1.807, 2.05) is 12.1 Å². The van der Waals surface area contributed by atoms with Crippen LogP contribution in [0.5, 0.6) is 5.75 Å². The number of hydrogen-bond acceptors (Lipinski definition) is 2. The van der Waals surface area contributed by atoms with Gasteiger partial charge in [0.15, 0.2) is 0 Å². The summed E-state index contributed by atoms with van der Waals surface area (Å²) in [5.41, 5.74) is 1.33. The minimum atomic E-state index is 0.917. The molecule has 0 unspecified atom stereocenters. The van der Waals surface area contributed by atoms with E-state index in [0.29, 0.717) is 0 Å². The minimum absolute atomic E-state index is 0.917. The van der Waals surface area contributed by atoms with Crippen LogP contribution in [0.3, 0.4) is 0 Å². The van der Waals surface area contributed by atoms with Crippen LogP contribution in [0, 0.1) is 0 Å². The molecule has 0 N–H and O–H groups in total. The van der Waals surface area contributed by atoms with Crippen LogP contribution in [0.4, 0.5) is 0 Å². The highest BCUT2D eigenvalue weighted by Gasteiger charge is 1.97. The fraction of sp³-hybridized carbons (Fsp3) is 0.167. The largest absolute Gasteiger partial charge is 0.497 e. The Kier molecular flexibility index (Phi) is 2.84. The zero-order valence-electron chi connectivity index (χ0n) is 8.07. The number of benzene rings is 1. The highest BCUT2D eigenvalue weighted by molar-refractivity contribution is 7.09. The smallest absolute Gasteiger partial charge is 0.118 e. The first-order chi connectivity index (χ1) is 6.88. The van der Waals surface area contributed by atoms with E-state index < -0.39 is 0 Å². The molecular weight excluding hydrogens is 192 g/mol. The predicted octanol–water partition coefficient (Wildman–Crippen LogP) is 3.35. The lowest BCUT2D eigenvalue weighted by Gasteiger charge is -2.01. The van der Waals surface area contributed by atoms with Crippen molar-refractivity contribution in [2.45, 2.75) is 6.42 Å². The molecule has 0 spiro atoms. The van der Waals surface area contributed by atoms with E-state index in [1.165, 1.54) is 10.4 Å². The van der Waals surface area contributed by atoms with Crippen molar-refractivity contribution in [1.29, 1.82) is 0 Å². The standard InChI is InChI=1S/C12H12OS/c1-13-11-6-4-10(5-7-11)9-12-3-2-8-14-12/h2-8H,9H2,1H3. The molecule has 0 fully saturated rings. The Labute approximate surface area is 88.0 Å². The lowest BCUT2D eigenvalue weighted by Crippen LogP contribution is -1.86. The van der Waals surface area contributed by atoms with Crippen LogP contribution < -0.4 is 4.74 Å². The van der Waals surface area contributed by atoms with Gasteiger partial charge in [-0.05, 0) is 29.1 Å². The number of methoxy groups -OCH3 is 1. The van der Waals surface area contributed by atoms with Gasteiger partial charge in [-0.25, -0.2) is 0 Å². The zero-order chi connectivity index (χ0) is 9.80. The van der Waals surface area contributed by atoms with Crippen LogP contribution in [0.25, 0.3) is 0 Å². The van der Waals surface area contributed by atoms with Gasteiger partial charge in [-0.2, -0.15) is 0 Å². The summed E-state index contributed by atoms with van der Waals surface area (Å²) in [6.07, 6.45) is 1.02. The second kappa shape index (κ2) is 4.29. The number of ether oxygens (including phenoxy) is 1. The summed E-state index contributed by atoms with van der Waals surface area (Å²) in [7, 11) is 1.69. The molecule has 1 heterocycles. The molecule has 0 saturated carbocycles. The molecule has 0 atom stereocenters. The van der Waals surface area contributed by atoms with Gasteiger partial charge in [0.05, 0.1) is 7.11 Å². The molecule has 0 aliphatic carbocycles. The Morgan fingerprint density at radius 2 is 1.93 bits per heavy atom. The van der Waals surface area contributed by atoms with E-state index in [1.54, 1.807) is 18.4 Å². The summed E-state index contributed by atoms with van der Waals surface area (Å²) in [5.74, 6) is 0.917. The van der Waals surface area contributed by atoms with Crippen molar-refractivity contribution < 1.29 is 4.74 Å². The Bertz CT molecular complexity index is 375. The van der Waals surface area contributed by atoms with Crippen LogP contribution in [0.15, 0.2) is 41.8 Å². The predicted molar refractivity (Wildman–Crippen MR) is 60.1 cm³/mol. The van der Waals surface area contributed by atoms with E-state index in [2.05, 4.69) is 29.6 Å². The lowest BCUT2D eigenvalue weighted by atomic mass is 10.1. The molecule has 0 aliphatic rings. The van der Waals surface area contributed by atoms with Gasteiger partial charge >= 0.3 is 0 Å². The SMILES string of the molecule is COc1ccc(Cc2cccs2)cc1. The number of rotatable bonds is 3. The Hall–Kier alpha value is -1.28. The molecule has 0 bridgehead atoms. The third kappa shape index (κ3) is 2.15. The first-order valence-electron chi connectivity index (χ1n) is 4.54. The maximum Gasteiger partial charge on any atom is 0.118 e. The average Bonchev–Trinajstić information content (AvgIpc) is 2.72. The fourth-order valence-corrected chi connectivity index (χ4v) is 2.10. The van der Waals surface area contributed by atoms with Crippen molar-refractivity contribution in [3.8, 4) is 5.75 Å². The number of hydrogen-bond donors (Lipinski definition) is 0. The van der Waals surface area contributed by atoms with Gasteiger partial charge in [0.25, 0.3) is 0 Å². The van der Waals surface area contributed by atoms with Crippen molar-refractivity contribution in [2.75, 3.05) is 7.11 Å². The van der Waals surface area contributed by atoms with Gasteiger partial charge in [-0.1, -0.05) is 18.2 Å². The van der Waals surface area contributed by atoms with E-state index in [4.69, 9.17) is 4.74 Å². The lowest BCUT2D eigenvalue weighted by molar-refractivity contribution is 0.414. The van der Waals surface area contributed by atoms with Crippen LogP contribution in [-0.4, -0.2) is 7.11 Å². The van der Waals surface area contributed by atoms with Crippen molar-refractivity contribution in [3.05, 3.63) is 52.2 Å². The van der Waals surface area contributed by atoms with Gasteiger partial charge in [-0.15, -0.1) is 11.3 Å². The molecule has 1 nitrogen and oxygen atoms in total.